The average Bonchev–Trinajstić information content (AvgIpc) is 3.22. The van der Waals surface area contributed by atoms with Crippen molar-refractivity contribution < 1.29 is 13.7 Å². The predicted octanol–water partition coefficient (Wildman–Crippen LogP) is 4.41. The zero-order valence-corrected chi connectivity index (χ0v) is 18.3. The summed E-state index contributed by atoms with van der Waals surface area (Å²) in [4.78, 5) is 22.0. The number of ether oxygens (including phenoxy) is 1. The summed E-state index contributed by atoms with van der Waals surface area (Å²) in [7, 11) is -3.00. The largest absolute Gasteiger partial charge is 0.449 e. The molecule has 0 spiro atoms. The van der Waals surface area contributed by atoms with Crippen LogP contribution in [0.2, 0.25) is 0 Å². The molecule has 2 aromatic heterocycles. The Morgan fingerprint density at radius 3 is 2.69 bits per heavy atom. The number of hydrogen-bond acceptors (Lipinski definition) is 8. The van der Waals surface area contributed by atoms with Gasteiger partial charge in [-0.25, -0.2) is 23.7 Å². The standard InChI is InChI=1S/C19H20N4O3S3/c1-4-26-19(24)23-29(3,25)14-9-7-13(8-10-14)21-18-20-12-15(17(22-18)27-2)16-6-5-11-28-16/h5-12H,3-4H2,1-2H3,(H,20,21,22)(H,23,24,25). The van der Waals surface area contributed by atoms with Crippen LogP contribution in [0.5, 0.6) is 0 Å². The second kappa shape index (κ2) is 9.29. The number of benzene rings is 1. The minimum absolute atomic E-state index is 0.188. The van der Waals surface area contributed by atoms with Gasteiger partial charge in [-0.2, -0.15) is 0 Å². The van der Waals surface area contributed by atoms with Crippen molar-refractivity contribution in [2.75, 3.05) is 18.2 Å². The van der Waals surface area contributed by atoms with Gasteiger partial charge in [0.25, 0.3) is 0 Å². The van der Waals surface area contributed by atoms with Crippen molar-refractivity contribution in [1.82, 2.24) is 14.7 Å². The van der Waals surface area contributed by atoms with Crippen molar-refractivity contribution >= 4 is 56.4 Å². The lowest BCUT2D eigenvalue weighted by atomic mass is 10.3. The molecular formula is C19H20N4O3S3. The van der Waals surface area contributed by atoms with E-state index in [1.165, 1.54) is 0 Å². The number of nitrogens with one attached hydrogen (secondary N) is 2. The second-order valence-electron chi connectivity index (χ2n) is 5.74. The Kier molecular flexibility index (Phi) is 6.78. The van der Waals surface area contributed by atoms with Crippen molar-refractivity contribution in [3.63, 3.8) is 0 Å². The third kappa shape index (κ3) is 5.28. The van der Waals surface area contributed by atoms with Crippen molar-refractivity contribution in [3.05, 3.63) is 48.0 Å². The van der Waals surface area contributed by atoms with Crippen molar-refractivity contribution in [1.29, 1.82) is 0 Å². The van der Waals surface area contributed by atoms with Crippen LogP contribution in [0.4, 0.5) is 16.4 Å². The molecular weight excluding hydrogens is 428 g/mol. The number of aromatic nitrogens is 2. The van der Waals surface area contributed by atoms with E-state index in [1.54, 1.807) is 60.5 Å². The fourth-order valence-corrected chi connectivity index (χ4v) is 4.81. The SMILES string of the molecule is C=S(=O)(NC(=O)OCC)c1ccc(Nc2ncc(-c3cccs3)c(SC)n2)cc1. The van der Waals surface area contributed by atoms with Gasteiger partial charge in [0, 0.05) is 27.2 Å². The maximum absolute atomic E-state index is 12.6. The van der Waals surface area contributed by atoms with Crippen LogP contribution in [-0.4, -0.2) is 39.0 Å². The highest BCUT2D eigenvalue weighted by molar-refractivity contribution is 7.99. The van der Waals surface area contributed by atoms with Gasteiger partial charge >= 0.3 is 6.09 Å². The molecule has 2 N–H and O–H groups in total. The third-order valence-electron chi connectivity index (χ3n) is 3.75. The first-order valence-electron chi connectivity index (χ1n) is 8.56. The van der Waals surface area contributed by atoms with Crippen LogP contribution in [-0.2, 0) is 14.4 Å². The fourth-order valence-electron chi connectivity index (χ4n) is 2.42. The van der Waals surface area contributed by atoms with Gasteiger partial charge in [-0.15, -0.1) is 23.1 Å². The molecule has 0 radical (unpaired) electrons. The lowest BCUT2D eigenvalue weighted by molar-refractivity contribution is 0.159. The van der Waals surface area contributed by atoms with Crippen LogP contribution in [0.15, 0.2) is 57.9 Å². The average molecular weight is 449 g/mol. The smallest absolute Gasteiger partial charge is 0.418 e. The van der Waals surface area contributed by atoms with Crippen LogP contribution in [0, 0.1) is 0 Å². The third-order valence-corrected chi connectivity index (χ3v) is 6.88. The van der Waals surface area contributed by atoms with Crippen molar-refractivity contribution in [2.45, 2.75) is 16.8 Å². The predicted molar refractivity (Wildman–Crippen MR) is 121 cm³/mol. The molecule has 0 aliphatic rings. The minimum atomic E-state index is -3.00. The van der Waals surface area contributed by atoms with Gasteiger partial charge in [-0.05, 0) is 54.8 Å². The molecule has 0 bridgehead atoms. The molecule has 0 saturated heterocycles. The molecule has 3 aromatic rings. The Morgan fingerprint density at radius 2 is 2.07 bits per heavy atom. The zero-order chi connectivity index (χ0) is 20.9. The quantitative estimate of drug-likeness (QED) is 0.314. The highest BCUT2D eigenvalue weighted by Crippen LogP contribution is 2.32. The molecule has 1 amide bonds. The maximum Gasteiger partial charge on any atom is 0.418 e. The van der Waals surface area contributed by atoms with E-state index in [1.807, 2.05) is 23.8 Å². The molecule has 0 saturated carbocycles. The number of carbonyl (C=O) groups excluding carboxylic acids is 1. The van der Waals surface area contributed by atoms with Crippen LogP contribution in [0.25, 0.3) is 10.4 Å². The highest BCUT2D eigenvalue weighted by atomic mass is 32.2. The summed E-state index contributed by atoms with van der Waals surface area (Å²) in [5, 5.41) is 6.03. The van der Waals surface area contributed by atoms with Gasteiger partial charge in [0.2, 0.25) is 5.95 Å². The van der Waals surface area contributed by atoms with E-state index in [9.17, 15) is 9.00 Å². The minimum Gasteiger partial charge on any atom is -0.449 e. The topological polar surface area (TPSA) is 93.2 Å². The molecule has 2 heterocycles. The Labute approximate surface area is 178 Å². The summed E-state index contributed by atoms with van der Waals surface area (Å²) < 4.78 is 19.7. The number of hydrogen-bond donors (Lipinski definition) is 2. The number of thiophene rings is 1. The van der Waals surface area contributed by atoms with Crippen molar-refractivity contribution in [3.8, 4) is 10.4 Å². The lowest BCUT2D eigenvalue weighted by Gasteiger charge is -2.12. The van der Waals surface area contributed by atoms with Crippen LogP contribution in [0.1, 0.15) is 6.92 Å². The maximum atomic E-state index is 12.6. The summed E-state index contributed by atoms with van der Waals surface area (Å²) in [6.45, 7) is 1.86. The summed E-state index contributed by atoms with van der Waals surface area (Å²) in [5.41, 5.74) is 1.71. The van der Waals surface area contributed by atoms with E-state index in [4.69, 9.17) is 4.74 Å². The number of nitrogens with zero attached hydrogens (tertiary/aromatic N) is 2. The monoisotopic (exact) mass is 448 g/mol. The Balaban J connectivity index is 1.75. The van der Waals surface area contributed by atoms with Crippen LogP contribution >= 0.6 is 23.1 Å². The Morgan fingerprint density at radius 1 is 1.31 bits per heavy atom. The van der Waals surface area contributed by atoms with E-state index in [0.717, 1.165) is 21.2 Å². The van der Waals surface area contributed by atoms with Crippen LogP contribution < -0.4 is 10.0 Å². The summed E-state index contributed by atoms with van der Waals surface area (Å²) in [6.07, 6.45) is 3.01. The molecule has 0 aliphatic carbocycles. The van der Waals surface area contributed by atoms with Crippen LogP contribution in [0.3, 0.4) is 0 Å². The summed E-state index contributed by atoms with van der Waals surface area (Å²) in [5.74, 6) is 4.06. The van der Waals surface area contributed by atoms with Gasteiger partial charge < -0.3 is 10.1 Å². The molecule has 0 aliphatic heterocycles. The second-order valence-corrected chi connectivity index (χ2v) is 9.51. The first kappa shape index (κ1) is 21.2. The highest BCUT2D eigenvalue weighted by Gasteiger charge is 2.13. The number of rotatable bonds is 7. The van der Waals surface area contributed by atoms with E-state index in [2.05, 4.69) is 25.9 Å². The number of anilines is 2. The first-order valence-corrected chi connectivity index (χ1v) is 12.4. The summed E-state index contributed by atoms with van der Waals surface area (Å²) >= 11 is 3.19. The molecule has 10 heteroatoms. The summed E-state index contributed by atoms with van der Waals surface area (Å²) in [6, 6.07) is 10.7. The molecule has 3 rings (SSSR count). The molecule has 29 heavy (non-hydrogen) atoms. The first-order chi connectivity index (χ1) is 13.9. The molecule has 1 atom stereocenters. The van der Waals surface area contributed by atoms with Crippen molar-refractivity contribution in [2.24, 2.45) is 0 Å². The van der Waals surface area contributed by atoms with Gasteiger partial charge in [-0.1, -0.05) is 6.07 Å². The van der Waals surface area contributed by atoms with Gasteiger partial charge in [0.1, 0.15) is 5.03 Å². The molecule has 1 unspecified atom stereocenters. The Bertz CT molecular complexity index is 1080. The number of thioether (sulfide) groups is 1. The zero-order valence-electron chi connectivity index (χ0n) is 15.9. The van der Waals surface area contributed by atoms with E-state index in [-0.39, 0.29) is 6.61 Å². The number of carbonyl (C=O) groups is 1. The lowest BCUT2D eigenvalue weighted by Crippen LogP contribution is -2.30. The van der Waals surface area contributed by atoms with E-state index >= 15 is 0 Å². The molecule has 1 aromatic carbocycles. The fraction of sp³-hybridized carbons (Fsp3) is 0.158. The van der Waals surface area contributed by atoms with E-state index < -0.39 is 15.8 Å². The van der Waals surface area contributed by atoms with Gasteiger partial charge in [0.05, 0.1) is 16.3 Å². The molecule has 152 valence electrons. The molecule has 0 fully saturated rings. The van der Waals surface area contributed by atoms with E-state index in [0.29, 0.717) is 10.8 Å². The Hall–Kier alpha value is -2.56. The van der Waals surface area contributed by atoms with Gasteiger partial charge in [0.15, 0.2) is 0 Å². The normalized spacial score (nSPS) is 12.8. The van der Waals surface area contributed by atoms with Gasteiger partial charge in [-0.3, -0.25) is 0 Å². The number of amides is 1. The molecule has 7 nitrogen and oxygen atoms in total.